The third-order valence-electron chi connectivity index (χ3n) is 4.50. The number of carbonyl (C=O) groups excluding carboxylic acids is 1. The van der Waals surface area contributed by atoms with E-state index in [2.05, 4.69) is 17.3 Å². The zero-order chi connectivity index (χ0) is 19.2. The Balaban J connectivity index is 1.74. The summed E-state index contributed by atoms with van der Waals surface area (Å²) in [5.41, 5.74) is 3.53. The van der Waals surface area contributed by atoms with Crippen molar-refractivity contribution in [3.63, 3.8) is 0 Å². The van der Waals surface area contributed by atoms with Crippen molar-refractivity contribution in [3.05, 3.63) is 88.2 Å². The molecule has 1 unspecified atom stereocenters. The highest BCUT2D eigenvalue weighted by Crippen LogP contribution is 2.16. The number of nitrogens with one attached hydrogen (secondary N) is 1. The molecule has 1 N–H and O–H groups in total. The molecule has 0 saturated heterocycles. The summed E-state index contributed by atoms with van der Waals surface area (Å²) >= 11 is 0. The van der Waals surface area contributed by atoms with E-state index < -0.39 is 0 Å². The molecule has 3 aromatic rings. The number of amides is 1. The van der Waals surface area contributed by atoms with Crippen molar-refractivity contribution in [2.24, 2.45) is 0 Å². The molecule has 1 amide bonds. The molecular formula is C22H23N3O2. The molecule has 0 spiro atoms. The van der Waals surface area contributed by atoms with E-state index in [1.807, 2.05) is 61.5 Å². The third kappa shape index (κ3) is 4.70. The van der Waals surface area contributed by atoms with E-state index in [0.717, 1.165) is 17.5 Å². The van der Waals surface area contributed by atoms with Gasteiger partial charge in [-0.15, -0.1) is 0 Å². The van der Waals surface area contributed by atoms with Crippen molar-refractivity contribution in [2.45, 2.75) is 32.9 Å². The quantitative estimate of drug-likeness (QED) is 0.732. The monoisotopic (exact) mass is 361 g/mol. The van der Waals surface area contributed by atoms with Crippen LogP contribution in [0.25, 0.3) is 11.3 Å². The van der Waals surface area contributed by atoms with Gasteiger partial charge >= 0.3 is 0 Å². The molecule has 1 aromatic heterocycles. The number of nitrogens with zero attached hydrogens (tertiary/aromatic N) is 2. The highest BCUT2D eigenvalue weighted by atomic mass is 16.2. The highest BCUT2D eigenvalue weighted by Gasteiger charge is 2.12. The Labute approximate surface area is 158 Å². The van der Waals surface area contributed by atoms with E-state index in [-0.39, 0.29) is 24.1 Å². The SMILES string of the molecule is CCc1ccc(-c2ccc(=O)n(CC(=O)NC(C)c3ccccc3)n2)cc1. The van der Waals surface area contributed by atoms with Crippen molar-refractivity contribution >= 4 is 5.91 Å². The lowest BCUT2D eigenvalue weighted by atomic mass is 10.1. The van der Waals surface area contributed by atoms with Crippen LogP contribution < -0.4 is 10.9 Å². The molecule has 27 heavy (non-hydrogen) atoms. The number of hydrogen-bond donors (Lipinski definition) is 1. The molecule has 2 aromatic carbocycles. The van der Waals surface area contributed by atoms with Crippen LogP contribution in [0.2, 0.25) is 0 Å². The maximum Gasteiger partial charge on any atom is 0.267 e. The van der Waals surface area contributed by atoms with Gasteiger partial charge in [0, 0.05) is 11.6 Å². The van der Waals surface area contributed by atoms with Crippen LogP contribution in [0.5, 0.6) is 0 Å². The molecule has 1 atom stereocenters. The van der Waals surface area contributed by atoms with Gasteiger partial charge in [0.15, 0.2) is 0 Å². The Bertz CT molecular complexity index is 963. The van der Waals surface area contributed by atoms with Crippen LogP contribution in [0.3, 0.4) is 0 Å². The number of rotatable bonds is 6. The van der Waals surface area contributed by atoms with Gasteiger partial charge in [-0.1, -0.05) is 61.5 Å². The summed E-state index contributed by atoms with van der Waals surface area (Å²) in [5, 5.41) is 7.27. The normalized spacial score (nSPS) is 11.8. The Morgan fingerprint density at radius 2 is 1.74 bits per heavy atom. The fourth-order valence-electron chi connectivity index (χ4n) is 2.88. The van der Waals surface area contributed by atoms with Crippen LogP contribution in [0.1, 0.15) is 31.0 Å². The summed E-state index contributed by atoms with van der Waals surface area (Å²) < 4.78 is 1.20. The average molecular weight is 361 g/mol. The van der Waals surface area contributed by atoms with Crippen molar-refractivity contribution in [1.29, 1.82) is 0 Å². The molecule has 3 rings (SSSR count). The van der Waals surface area contributed by atoms with E-state index in [1.165, 1.54) is 16.3 Å². The molecule has 0 radical (unpaired) electrons. The molecule has 1 heterocycles. The van der Waals surface area contributed by atoms with Crippen molar-refractivity contribution < 1.29 is 4.79 Å². The first-order chi connectivity index (χ1) is 13.1. The van der Waals surface area contributed by atoms with E-state index in [1.54, 1.807) is 6.07 Å². The van der Waals surface area contributed by atoms with E-state index in [4.69, 9.17) is 0 Å². The second-order valence-electron chi connectivity index (χ2n) is 6.46. The van der Waals surface area contributed by atoms with Crippen molar-refractivity contribution in [3.8, 4) is 11.3 Å². The molecule has 0 aliphatic carbocycles. The van der Waals surface area contributed by atoms with Gasteiger partial charge in [-0.3, -0.25) is 9.59 Å². The number of hydrogen-bond acceptors (Lipinski definition) is 3. The first-order valence-electron chi connectivity index (χ1n) is 9.08. The molecule has 0 aliphatic heterocycles. The summed E-state index contributed by atoms with van der Waals surface area (Å²) in [6.07, 6.45) is 0.965. The second-order valence-corrected chi connectivity index (χ2v) is 6.46. The lowest BCUT2D eigenvalue weighted by Gasteiger charge is -2.15. The van der Waals surface area contributed by atoms with Crippen LogP contribution in [-0.2, 0) is 17.8 Å². The van der Waals surface area contributed by atoms with Gasteiger partial charge in [-0.05, 0) is 30.5 Å². The van der Waals surface area contributed by atoms with Gasteiger partial charge in [-0.2, -0.15) is 5.10 Å². The first kappa shape index (κ1) is 18.6. The minimum atomic E-state index is -0.300. The summed E-state index contributed by atoms with van der Waals surface area (Å²) in [7, 11) is 0. The number of benzene rings is 2. The topological polar surface area (TPSA) is 64.0 Å². The minimum Gasteiger partial charge on any atom is -0.348 e. The Morgan fingerprint density at radius 3 is 2.41 bits per heavy atom. The summed E-state index contributed by atoms with van der Waals surface area (Å²) in [5.74, 6) is -0.251. The number of aromatic nitrogens is 2. The van der Waals surface area contributed by atoms with Gasteiger partial charge in [-0.25, -0.2) is 4.68 Å². The zero-order valence-corrected chi connectivity index (χ0v) is 15.6. The standard InChI is InChI=1S/C22H23N3O2/c1-3-17-9-11-19(12-10-17)20-13-14-22(27)25(24-20)15-21(26)23-16(2)18-7-5-4-6-8-18/h4-14,16H,3,15H2,1-2H3,(H,23,26). The van der Waals surface area contributed by atoms with E-state index in [0.29, 0.717) is 5.69 Å². The lowest BCUT2D eigenvalue weighted by Crippen LogP contribution is -2.34. The molecule has 0 aliphatic rings. The molecule has 138 valence electrons. The average Bonchev–Trinajstić information content (AvgIpc) is 2.70. The van der Waals surface area contributed by atoms with Crippen molar-refractivity contribution in [2.75, 3.05) is 0 Å². The van der Waals surface area contributed by atoms with Gasteiger partial charge in [0.25, 0.3) is 5.56 Å². The molecule has 5 heteroatoms. The smallest absolute Gasteiger partial charge is 0.267 e. The molecule has 0 bridgehead atoms. The molecule has 0 saturated carbocycles. The summed E-state index contributed by atoms with van der Waals surface area (Å²) in [6, 6.07) is 20.7. The summed E-state index contributed by atoms with van der Waals surface area (Å²) in [6.45, 7) is 3.90. The zero-order valence-electron chi connectivity index (χ0n) is 15.6. The Morgan fingerprint density at radius 1 is 1.04 bits per heavy atom. The lowest BCUT2D eigenvalue weighted by molar-refractivity contribution is -0.122. The fourth-order valence-corrected chi connectivity index (χ4v) is 2.88. The van der Waals surface area contributed by atoms with Gasteiger partial charge in [0.05, 0.1) is 11.7 Å². The van der Waals surface area contributed by atoms with Crippen LogP contribution in [0.4, 0.5) is 0 Å². The maximum atomic E-state index is 12.4. The Hall–Kier alpha value is -3.21. The predicted octanol–water partition coefficient (Wildman–Crippen LogP) is 3.35. The summed E-state index contributed by atoms with van der Waals surface area (Å²) in [4.78, 5) is 24.5. The molecule has 5 nitrogen and oxygen atoms in total. The van der Waals surface area contributed by atoms with Crippen LogP contribution in [0.15, 0.2) is 71.5 Å². The minimum absolute atomic E-state index is 0.114. The highest BCUT2D eigenvalue weighted by molar-refractivity contribution is 5.76. The fraction of sp³-hybridized carbons (Fsp3) is 0.227. The van der Waals surface area contributed by atoms with E-state index >= 15 is 0 Å². The second kappa shape index (κ2) is 8.45. The largest absolute Gasteiger partial charge is 0.348 e. The van der Waals surface area contributed by atoms with Crippen LogP contribution in [-0.4, -0.2) is 15.7 Å². The van der Waals surface area contributed by atoms with Gasteiger partial charge < -0.3 is 5.32 Å². The van der Waals surface area contributed by atoms with Crippen LogP contribution in [0, 0.1) is 0 Å². The molecular weight excluding hydrogens is 338 g/mol. The maximum absolute atomic E-state index is 12.4. The number of carbonyl (C=O) groups is 1. The van der Waals surface area contributed by atoms with Crippen molar-refractivity contribution in [1.82, 2.24) is 15.1 Å². The predicted molar refractivity (Wildman–Crippen MR) is 106 cm³/mol. The van der Waals surface area contributed by atoms with E-state index in [9.17, 15) is 9.59 Å². The molecule has 0 fully saturated rings. The first-order valence-corrected chi connectivity index (χ1v) is 9.08. The van der Waals surface area contributed by atoms with Gasteiger partial charge in [0.2, 0.25) is 5.91 Å². The number of aryl methyl sites for hydroxylation is 1. The third-order valence-corrected chi connectivity index (χ3v) is 4.50. The Kier molecular flexibility index (Phi) is 5.81. The van der Waals surface area contributed by atoms with Gasteiger partial charge in [0.1, 0.15) is 6.54 Å². The van der Waals surface area contributed by atoms with Crippen LogP contribution >= 0.6 is 0 Å².